The van der Waals surface area contributed by atoms with Crippen LogP contribution in [0.5, 0.6) is 0 Å². The Morgan fingerprint density at radius 2 is 1.81 bits per heavy atom. The van der Waals surface area contributed by atoms with Gasteiger partial charge in [0.25, 0.3) is 16.4 Å². The van der Waals surface area contributed by atoms with Crippen LogP contribution in [-0.2, 0) is 17.1 Å². The lowest BCUT2D eigenvalue weighted by Gasteiger charge is -2.22. The fraction of sp³-hybridized carbons (Fsp3) is 0.286. The molecule has 32 heavy (non-hydrogen) atoms. The molecule has 1 aliphatic rings. The van der Waals surface area contributed by atoms with Gasteiger partial charge in [-0.25, -0.2) is 31.0 Å². The highest BCUT2D eigenvalue weighted by molar-refractivity contribution is 7.89. The maximum atomic E-state index is 13.7. The molecule has 6 nitrogen and oxygen atoms in total. The predicted molar refractivity (Wildman–Crippen MR) is 110 cm³/mol. The molecule has 2 atom stereocenters. The molecular formula is C21H20F4N4O2S. The van der Waals surface area contributed by atoms with Gasteiger partial charge in [0.05, 0.1) is 11.9 Å². The maximum absolute atomic E-state index is 13.7. The van der Waals surface area contributed by atoms with Crippen molar-refractivity contribution in [2.24, 2.45) is 7.05 Å². The fourth-order valence-corrected chi connectivity index (χ4v) is 5.29. The summed E-state index contributed by atoms with van der Waals surface area (Å²) in [4.78, 5) is 3.93. The Hall–Kier alpha value is -2.92. The molecule has 2 heterocycles. The summed E-state index contributed by atoms with van der Waals surface area (Å²) < 4.78 is 82.2. The van der Waals surface area contributed by atoms with Crippen molar-refractivity contribution in [3.05, 3.63) is 77.8 Å². The molecule has 0 bridgehead atoms. The number of sulfonamides is 1. The minimum atomic E-state index is -3.91. The van der Waals surface area contributed by atoms with E-state index in [4.69, 9.17) is 0 Å². The van der Waals surface area contributed by atoms with Crippen molar-refractivity contribution in [2.75, 3.05) is 18.4 Å². The second-order valence-corrected chi connectivity index (χ2v) is 9.53. The second-order valence-electron chi connectivity index (χ2n) is 7.65. The fourth-order valence-electron chi connectivity index (χ4n) is 3.83. The summed E-state index contributed by atoms with van der Waals surface area (Å²) in [5.74, 6) is -1.87. The number of rotatable bonds is 6. The van der Waals surface area contributed by atoms with E-state index in [2.05, 4.69) is 10.3 Å². The molecule has 0 spiro atoms. The molecule has 11 heteroatoms. The molecule has 1 aromatic heterocycles. The predicted octanol–water partition coefficient (Wildman–Crippen LogP) is 3.90. The molecule has 2 aromatic carbocycles. The second kappa shape index (κ2) is 8.55. The third-order valence-electron chi connectivity index (χ3n) is 5.45. The third-order valence-corrected chi connectivity index (χ3v) is 7.17. The molecule has 1 saturated heterocycles. The minimum Gasteiger partial charge on any atom is -0.380 e. The highest BCUT2D eigenvalue weighted by Gasteiger charge is 2.41. The number of hydrogen-bond acceptors (Lipinski definition) is 4. The van der Waals surface area contributed by atoms with Gasteiger partial charge >= 0.3 is 0 Å². The van der Waals surface area contributed by atoms with Crippen LogP contribution in [0.1, 0.15) is 23.5 Å². The maximum Gasteiger partial charge on any atom is 0.266 e. The number of anilines is 1. The number of aryl methyl sites for hydroxylation is 1. The Labute approximate surface area is 182 Å². The molecule has 1 fully saturated rings. The summed E-state index contributed by atoms with van der Waals surface area (Å²) in [5.41, 5.74) is 0.166. The number of aromatic nitrogens is 2. The average molecular weight is 468 g/mol. The van der Waals surface area contributed by atoms with Crippen molar-refractivity contribution >= 4 is 15.7 Å². The summed E-state index contributed by atoms with van der Waals surface area (Å²) >= 11 is 0. The Morgan fingerprint density at radius 3 is 2.44 bits per heavy atom. The van der Waals surface area contributed by atoms with Crippen LogP contribution in [0, 0.1) is 11.6 Å². The van der Waals surface area contributed by atoms with Crippen LogP contribution in [0.15, 0.2) is 60.0 Å². The minimum absolute atomic E-state index is 0.0162. The van der Waals surface area contributed by atoms with Crippen LogP contribution in [0.3, 0.4) is 0 Å². The van der Waals surface area contributed by atoms with Crippen molar-refractivity contribution in [3.63, 3.8) is 0 Å². The lowest BCUT2D eigenvalue weighted by molar-refractivity contribution is 0.146. The van der Waals surface area contributed by atoms with Crippen LogP contribution in [0.25, 0.3) is 0 Å². The lowest BCUT2D eigenvalue weighted by atomic mass is 9.94. The summed E-state index contributed by atoms with van der Waals surface area (Å²) in [6.07, 6.45) is -0.229. The number of halogens is 4. The number of benzene rings is 2. The summed E-state index contributed by atoms with van der Waals surface area (Å²) in [7, 11) is -2.26. The largest absolute Gasteiger partial charge is 0.380 e. The molecule has 0 amide bonds. The van der Waals surface area contributed by atoms with E-state index in [1.807, 2.05) is 0 Å². The molecule has 0 radical (unpaired) electrons. The van der Waals surface area contributed by atoms with Crippen LogP contribution in [-0.4, -0.2) is 41.4 Å². The van der Waals surface area contributed by atoms with Crippen molar-refractivity contribution in [1.82, 2.24) is 13.9 Å². The smallest absolute Gasteiger partial charge is 0.266 e. The van der Waals surface area contributed by atoms with Gasteiger partial charge < -0.3 is 9.88 Å². The zero-order valence-corrected chi connectivity index (χ0v) is 17.7. The zero-order chi connectivity index (χ0) is 23.0. The van der Waals surface area contributed by atoms with Gasteiger partial charge in [-0.2, -0.15) is 4.31 Å². The van der Waals surface area contributed by atoms with Crippen molar-refractivity contribution in [2.45, 2.75) is 23.4 Å². The van der Waals surface area contributed by atoms with E-state index >= 15 is 0 Å². The highest BCUT2D eigenvalue weighted by atomic mass is 32.2. The van der Waals surface area contributed by atoms with E-state index in [0.29, 0.717) is 5.56 Å². The van der Waals surface area contributed by atoms with E-state index in [9.17, 15) is 26.0 Å². The van der Waals surface area contributed by atoms with E-state index in [1.165, 1.54) is 39.6 Å². The Kier molecular flexibility index (Phi) is 5.95. The van der Waals surface area contributed by atoms with E-state index in [0.717, 1.165) is 12.1 Å². The zero-order valence-electron chi connectivity index (χ0n) is 16.9. The average Bonchev–Trinajstić information content (AvgIpc) is 3.37. The molecule has 1 N–H and O–H groups in total. The van der Waals surface area contributed by atoms with Crippen molar-refractivity contribution in [1.29, 1.82) is 0 Å². The molecule has 0 saturated carbocycles. The van der Waals surface area contributed by atoms with Gasteiger partial charge in [0, 0.05) is 44.0 Å². The number of imidazole rings is 1. The Morgan fingerprint density at radius 1 is 1.09 bits per heavy atom. The standard InChI is InChI=1S/C21H20F4N4O2S/c1-28-11-20(26-12-28)32(30,31)29-9-17(13-2-4-14(22)5-3-13)19(10-29)27-15-6-7-18(23)16(8-15)21(24)25/h2-8,11-12,17,19,21,27H,9-10H2,1H3/t17-,19+/m0/s1. The first-order chi connectivity index (χ1) is 15.1. The SMILES string of the molecule is Cn1cnc(S(=O)(=O)N2C[C@@H](Nc3ccc(F)c(C(F)F)c3)[C@H](c3ccc(F)cc3)C2)c1. The first-order valence-corrected chi connectivity index (χ1v) is 11.2. The van der Waals surface area contributed by atoms with Crippen LogP contribution < -0.4 is 5.32 Å². The number of alkyl halides is 2. The summed E-state index contributed by atoms with van der Waals surface area (Å²) in [6.45, 7) is 0.0907. The Bertz CT molecular complexity index is 1210. The summed E-state index contributed by atoms with van der Waals surface area (Å²) in [5, 5.41) is 2.95. The normalized spacial score (nSPS) is 19.6. The first-order valence-electron chi connectivity index (χ1n) is 9.73. The van der Waals surface area contributed by atoms with Gasteiger partial charge in [0.2, 0.25) is 0 Å². The van der Waals surface area contributed by atoms with Gasteiger partial charge in [-0.05, 0) is 35.9 Å². The van der Waals surface area contributed by atoms with Crippen LogP contribution in [0.4, 0.5) is 23.2 Å². The molecule has 1 aliphatic heterocycles. The van der Waals surface area contributed by atoms with Crippen molar-refractivity contribution in [3.8, 4) is 0 Å². The summed E-state index contributed by atoms with van der Waals surface area (Å²) in [6, 6.07) is 8.39. The molecule has 170 valence electrons. The number of nitrogens with one attached hydrogen (secondary N) is 1. The van der Waals surface area contributed by atoms with E-state index in [1.54, 1.807) is 19.2 Å². The topological polar surface area (TPSA) is 67.2 Å². The van der Waals surface area contributed by atoms with E-state index < -0.39 is 45.6 Å². The van der Waals surface area contributed by atoms with Gasteiger partial charge in [-0.15, -0.1) is 0 Å². The third kappa shape index (κ3) is 4.35. The highest BCUT2D eigenvalue weighted by Crippen LogP contribution is 2.34. The van der Waals surface area contributed by atoms with Gasteiger partial charge in [0.1, 0.15) is 11.6 Å². The Balaban J connectivity index is 1.66. The number of nitrogens with zero attached hydrogens (tertiary/aromatic N) is 3. The van der Waals surface area contributed by atoms with Crippen LogP contribution >= 0.6 is 0 Å². The van der Waals surface area contributed by atoms with Crippen molar-refractivity contribution < 1.29 is 26.0 Å². The molecule has 0 aliphatic carbocycles. The first kappa shape index (κ1) is 22.3. The number of hydrogen-bond donors (Lipinski definition) is 1. The van der Waals surface area contributed by atoms with E-state index in [-0.39, 0.29) is 23.8 Å². The van der Waals surface area contributed by atoms with Gasteiger partial charge in [-0.3, -0.25) is 0 Å². The molecule has 4 rings (SSSR count). The van der Waals surface area contributed by atoms with Gasteiger partial charge in [0.15, 0.2) is 5.03 Å². The quantitative estimate of drug-likeness (QED) is 0.558. The molecule has 0 unspecified atom stereocenters. The monoisotopic (exact) mass is 468 g/mol. The van der Waals surface area contributed by atoms with Crippen LogP contribution in [0.2, 0.25) is 0 Å². The molecular weight excluding hydrogens is 448 g/mol. The molecule has 3 aromatic rings. The lowest BCUT2D eigenvalue weighted by Crippen LogP contribution is -2.32. The van der Waals surface area contributed by atoms with Gasteiger partial charge in [-0.1, -0.05) is 12.1 Å².